The van der Waals surface area contributed by atoms with E-state index in [9.17, 15) is 0 Å². The van der Waals surface area contributed by atoms with Crippen molar-refractivity contribution in [2.75, 3.05) is 58.9 Å². The first-order chi connectivity index (χ1) is 12.8. The lowest BCUT2D eigenvalue weighted by Crippen LogP contribution is -2.46. The third-order valence-electron chi connectivity index (χ3n) is 4.96. The average Bonchev–Trinajstić information content (AvgIpc) is 2.69. The summed E-state index contributed by atoms with van der Waals surface area (Å²) in [6.45, 7) is 14.4. The van der Waals surface area contributed by atoms with E-state index in [1.165, 1.54) is 51.3 Å². The number of piperazine rings is 1. The molecule has 1 fully saturated rings. The predicted octanol–water partition coefficient (Wildman–Crippen LogP) is 2.20. The van der Waals surface area contributed by atoms with Crippen molar-refractivity contribution >= 4 is 5.96 Å². The summed E-state index contributed by atoms with van der Waals surface area (Å²) in [4.78, 5) is 9.85. The quantitative estimate of drug-likeness (QED) is 0.382. The first-order valence-electron chi connectivity index (χ1n) is 10.3. The number of rotatable bonds is 10. The number of unbranched alkanes of at least 4 members (excludes halogenated alkanes) is 1. The summed E-state index contributed by atoms with van der Waals surface area (Å²) >= 11 is 0. The van der Waals surface area contributed by atoms with E-state index in [1.807, 2.05) is 0 Å². The number of likely N-dealkylation sites (N-methyl/N-ethyl adjacent to an activating group) is 1. The summed E-state index contributed by atoms with van der Waals surface area (Å²) < 4.78 is 0. The molecule has 26 heavy (non-hydrogen) atoms. The number of hydrogen-bond acceptors (Lipinski definition) is 3. The molecule has 1 heterocycles. The second-order valence-corrected chi connectivity index (χ2v) is 6.91. The van der Waals surface area contributed by atoms with E-state index in [1.54, 1.807) is 0 Å². The van der Waals surface area contributed by atoms with E-state index in [-0.39, 0.29) is 0 Å². The summed E-state index contributed by atoms with van der Waals surface area (Å²) in [5.41, 5.74) is 1.36. The van der Waals surface area contributed by atoms with Crippen LogP contribution in [-0.2, 0) is 6.42 Å². The standard InChI is InChI=1S/C21H37N5/c1-3-22-21(24-14-12-20-10-6-5-7-11-20)23-13-8-9-15-26-18-16-25(4-2)17-19-26/h5-7,10-11H,3-4,8-9,12-19H2,1-2H3,(H2,22,23,24). The topological polar surface area (TPSA) is 42.9 Å². The fraction of sp³-hybridized carbons (Fsp3) is 0.667. The Morgan fingerprint density at radius 2 is 1.69 bits per heavy atom. The minimum atomic E-state index is 0.898. The van der Waals surface area contributed by atoms with Crippen molar-refractivity contribution in [2.45, 2.75) is 33.1 Å². The average molecular weight is 360 g/mol. The first-order valence-corrected chi connectivity index (χ1v) is 10.3. The normalized spacial score (nSPS) is 16.6. The largest absolute Gasteiger partial charge is 0.357 e. The maximum atomic E-state index is 4.72. The van der Waals surface area contributed by atoms with Gasteiger partial charge in [0.2, 0.25) is 0 Å². The molecular formula is C21H37N5. The molecule has 1 aromatic carbocycles. The van der Waals surface area contributed by atoms with E-state index < -0.39 is 0 Å². The molecule has 0 bridgehead atoms. The molecule has 0 atom stereocenters. The second-order valence-electron chi connectivity index (χ2n) is 6.91. The Hall–Kier alpha value is -1.59. The van der Waals surface area contributed by atoms with E-state index in [4.69, 9.17) is 4.99 Å². The van der Waals surface area contributed by atoms with E-state index >= 15 is 0 Å². The van der Waals surface area contributed by atoms with Crippen LogP contribution in [0.4, 0.5) is 0 Å². The fourth-order valence-corrected chi connectivity index (χ4v) is 3.28. The lowest BCUT2D eigenvalue weighted by atomic mass is 10.1. The highest BCUT2D eigenvalue weighted by Crippen LogP contribution is 2.03. The summed E-state index contributed by atoms with van der Waals surface area (Å²) in [5, 5.41) is 6.79. The van der Waals surface area contributed by atoms with Gasteiger partial charge in [-0.2, -0.15) is 0 Å². The van der Waals surface area contributed by atoms with Crippen molar-refractivity contribution in [2.24, 2.45) is 4.99 Å². The van der Waals surface area contributed by atoms with Gasteiger partial charge >= 0.3 is 0 Å². The second kappa shape index (κ2) is 12.7. The zero-order chi connectivity index (χ0) is 18.5. The van der Waals surface area contributed by atoms with Gasteiger partial charge in [0.1, 0.15) is 0 Å². The molecule has 1 aliphatic heterocycles. The Labute approximate surface area is 159 Å². The van der Waals surface area contributed by atoms with Crippen molar-refractivity contribution in [1.82, 2.24) is 20.4 Å². The zero-order valence-electron chi connectivity index (χ0n) is 16.7. The minimum absolute atomic E-state index is 0.898. The molecule has 146 valence electrons. The highest BCUT2D eigenvalue weighted by molar-refractivity contribution is 5.79. The third-order valence-corrected chi connectivity index (χ3v) is 4.96. The number of aliphatic imine (C=N–C) groups is 1. The summed E-state index contributed by atoms with van der Waals surface area (Å²) in [7, 11) is 0. The Balaban J connectivity index is 1.59. The lowest BCUT2D eigenvalue weighted by Gasteiger charge is -2.33. The highest BCUT2D eigenvalue weighted by Gasteiger charge is 2.14. The Bertz CT molecular complexity index is 494. The summed E-state index contributed by atoms with van der Waals surface area (Å²) in [6, 6.07) is 10.6. The number of nitrogens with one attached hydrogen (secondary N) is 2. The van der Waals surface area contributed by atoms with Gasteiger partial charge in [0.25, 0.3) is 0 Å². The maximum Gasteiger partial charge on any atom is 0.191 e. The van der Waals surface area contributed by atoms with Gasteiger partial charge in [-0.25, -0.2) is 0 Å². The SMILES string of the molecule is CCNC(=NCCCCN1CCN(CC)CC1)NCCc1ccccc1. The Morgan fingerprint density at radius 3 is 2.38 bits per heavy atom. The molecule has 0 saturated carbocycles. The Kier molecular flexibility index (Phi) is 10.1. The third kappa shape index (κ3) is 8.19. The molecule has 1 aromatic rings. The smallest absolute Gasteiger partial charge is 0.191 e. The monoisotopic (exact) mass is 359 g/mol. The fourth-order valence-electron chi connectivity index (χ4n) is 3.28. The number of guanidine groups is 1. The van der Waals surface area contributed by atoms with Crippen LogP contribution in [0, 0.1) is 0 Å². The molecule has 0 spiro atoms. The van der Waals surface area contributed by atoms with E-state index in [2.05, 4.69) is 64.6 Å². The first kappa shape index (κ1) is 20.7. The number of hydrogen-bond donors (Lipinski definition) is 2. The van der Waals surface area contributed by atoms with Gasteiger partial charge in [0.15, 0.2) is 5.96 Å². The van der Waals surface area contributed by atoms with Gasteiger partial charge in [0.05, 0.1) is 0 Å². The van der Waals surface area contributed by atoms with Crippen molar-refractivity contribution in [3.05, 3.63) is 35.9 Å². The molecule has 1 saturated heterocycles. The number of benzene rings is 1. The van der Waals surface area contributed by atoms with Crippen LogP contribution in [0.15, 0.2) is 35.3 Å². The molecule has 0 aromatic heterocycles. The van der Waals surface area contributed by atoms with Crippen molar-refractivity contribution in [3.8, 4) is 0 Å². The van der Waals surface area contributed by atoms with E-state index in [0.717, 1.165) is 38.4 Å². The van der Waals surface area contributed by atoms with Crippen LogP contribution in [0.25, 0.3) is 0 Å². The lowest BCUT2D eigenvalue weighted by molar-refractivity contribution is 0.136. The Morgan fingerprint density at radius 1 is 0.962 bits per heavy atom. The zero-order valence-corrected chi connectivity index (χ0v) is 16.7. The van der Waals surface area contributed by atoms with Crippen LogP contribution >= 0.6 is 0 Å². The molecule has 1 aliphatic rings. The predicted molar refractivity (Wildman–Crippen MR) is 112 cm³/mol. The van der Waals surface area contributed by atoms with Gasteiger partial charge in [-0.05, 0) is 44.8 Å². The molecule has 0 amide bonds. The summed E-state index contributed by atoms with van der Waals surface area (Å²) in [6.07, 6.45) is 3.41. The van der Waals surface area contributed by atoms with Crippen LogP contribution < -0.4 is 10.6 Å². The van der Waals surface area contributed by atoms with Crippen molar-refractivity contribution in [1.29, 1.82) is 0 Å². The molecule has 2 rings (SSSR count). The van der Waals surface area contributed by atoms with Crippen LogP contribution in [0.2, 0.25) is 0 Å². The van der Waals surface area contributed by atoms with Crippen LogP contribution in [0.1, 0.15) is 32.3 Å². The van der Waals surface area contributed by atoms with Gasteiger partial charge in [-0.3, -0.25) is 4.99 Å². The van der Waals surface area contributed by atoms with Gasteiger partial charge < -0.3 is 20.4 Å². The summed E-state index contributed by atoms with van der Waals surface area (Å²) in [5.74, 6) is 0.944. The van der Waals surface area contributed by atoms with Crippen molar-refractivity contribution < 1.29 is 0 Å². The molecule has 0 aliphatic carbocycles. The van der Waals surface area contributed by atoms with Crippen molar-refractivity contribution in [3.63, 3.8) is 0 Å². The van der Waals surface area contributed by atoms with Crippen LogP contribution in [-0.4, -0.2) is 74.7 Å². The number of nitrogens with zero attached hydrogens (tertiary/aromatic N) is 3. The van der Waals surface area contributed by atoms with Gasteiger partial charge in [0, 0.05) is 45.8 Å². The van der Waals surface area contributed by atoms with Gasteiger partial charge in [-0.15, -0.1) is 0 Å². The molecule has 5 heteroatoms. The molecule has 5 nitrogen and oxygen atoms in total. The minimum Gasteiger partial charge on any atom is -0.357 e. The molecule has 0 unspecified atom stereocenters. The van der Waals surface area contributed by atoms with Crippen LogP contribution in [0.3, 0.4) is 0 Å². The van der Waals surface area contributed by atoms with Crippen LogP contribution in [0.5, 0.6) is 0 Å². The van der Waals surface area contributed by atoms with E-state index in [0.29, 0.717) is 0 Å². The maximum absolute atomic E-state index is 4.72. The molecule has 2 N–H and O–H groups in total. The molecular weight excluding hydrogens is 322 g/mol. The molecule has 0 radical (unpaired) electrons. The highest BCUT2D eigenvalue weighted by atomic mass is 15.3. The van der Waals surface area contributed by atoms with Gasteiger partial charge in [-0.1, -0.05) is 37.3 Å².